The second-order valence-electron chi connectivity index (χ2n) is 7.89. The van der Waals surface area contributed by atoms with Crippen LogP contribution in [0.3, 0.4) is 0 Å². The molecule has 0 spiro atoms. The van der Waals surface area contributed by atoms with Crippen molar-refractivity contribution in [1.29, 1.82) is 0 Å². The van der Waals surface area contributed by atoms with Crippen molar-refractivity contribution in [2.75, 3.05) is 25.0 Å². The van der Waals surface area contributed by atoms with Gasteiger partial charge in [0.1, 0.15) is 12.4 Å². The van der Waals surface area contributed by atoms with Crippen molar-refractivity contribution < 1.29 is 31.9 Å². The van der Waals surface area contributed by atoms with Crippen molar-refractivity contribution in [1.82, 2.24) is 5.32 Å². The second kappa shape index (κ2) is 12.8. The monoisotopic (exact) mass is 514 g/mol. The molecule has 0 saturated heterocycles. The third-order valence-electron chi connectivity index (χ3n) is 5.17. The number of aryl methyl sites for hydroxylation is 1. The van der Waals surface area contributed by atoms with E-state index >= 15 is 0 Å². The summed E-state index contributed by atoms with van der Waals surface area (Å²) in [7, 11) is -2.52. The van der Waals surface area contributed by atoms with E-state index in [1.54, 1.807) is 24.3 Å². The van der Waals surface area contributed by atoms with Gasteiger partial charge in [0.15, 0.2) is 0 Å². The normalized spacial score (nSPS) is 11.1. The molecule has 0 saturated carbocycles. The highest BCUT2D eigenvalue weighted by Gasteiger charge is 2.15. The minimum absolute atomic E-state index is 0.0949. The van der Waals surface area contributed by atoms with E-state index < -0.39 is 16.0 Å². The number of halogens is 1. The number of amides is 1. The Hall–Kier alpha value is -3.76. The van der Waals surface area contributed by atoms with Gasteiger partial charge in [0.05, 0.1) is 24.2 Å². The Balaban J connectivity index is 1.39. The van der Waals surface area contributed by atoms with Gasteiger partial charge in [0.2, 0.25) is 5.91 Å². The third kappa shape index (κ3) is 8.17. The highest BCUT2D eigenvalue weighted by molar-refractivity contribution is 7.92. The van der Waals surface area contributed by atoms with Gasteiger partial charge in [0, 0.05) is 12.2 Å². The van der Waals surface area contributed by atoms with Crippen molar-refractivity contribution in [2.24, 2.45) is 0 Å². The van der Waals surface area contributed by atoms with E-state index in [1.165, 1.54) is 55.6 Å². The standard InChI is InChI=1S/C26H27FN2O6S/c1-34-26(31)21-8-12-23(13-9-21)29-36(32,33)24-14-6-19(7-15-24)3-2-16-28-25(30)18-35-17-20-4-10-22(27)11-5-20/h4-15,29H,2-3,16-18H2,1H3,(H,28,30). The van der Waals surface area contributed by atoms with Crippen molar-refractivity contribution in [2.45, 2.75) is 24.3 Å². The van der Waals surface area contributed by atoms with Crippen LogP contribution in [-0.4, -0.2) is 40.6 Å². The van der Waals surface area contributed by atoms with E-state index in [0.29, 0.717) is 30.6 Å². The Kier molecular flexibility index (Phi) is 9.54. The van der Waals surface area contributed by atoms with Gasteiger partial charge in [-0.3, -0.25) is 9.52 Å². The Labute approximate surface area is 209 Å². The van der Waals surface area contributed by atoms with Gasteiger partial charge in [-0.25, -0.2) is 17.6 Å². The predicted molar refractivity (Wildman–Crippen MR) is 132 cm³/mol. The van der Waals surface area contributed by atoms with Crippen LogP contribution >= 0.6 is 0 Å². The summed E-state index contributed by atoms with van der Waals surface area (Å²) in [5, 5.41) is 2.77. The minimum atomic E-state index is -3.79. The quantitative estimate of drug-likeness (QED) is 0.282. The summed E-state index contributed by atoms with van der Waals surface area (Å²) in [6.45, 7) is 0.570. The lowest BCUT2D eigenvalue weighted by Gasteiger charge is -2.10. The van der Waals surface area contributed by atoms with Crippen LogP contribution in [0.5, 0.6) is 0 Å². The lowest BCUT2D eigenvalue weighted by molar-refractivity contribution is -0.126. The van der Waals surface area contributed by atoms with Crippen LogP contribution in [0.25, 0.3) is 0 Å². The molecule has 0 fully saturated rings. The highest BCUT2D eigenvalue weighted by atomic mass is 32.2. The van der Waals surface area contributed by atoms with Crippen LogP contribution in [0.15, 0.2) is 77.7 Å². The molecular weight excluding hydrogens is 487 g/mol. The molecule has 0 aromatic heterocycles. The van der Waals surface area contributed by atoms with Crippen molar-refractivity contribution in [3.8, 4) is 0 Å². The molecular formula is C26H27FN2O6S. The molecule has 36 heavy (non-hydrogen) atoms. The van der Waals surface area contributed by atoms with E-state index in [9.17, 15) is 22.4 Å². The molecule has 8 nitrogen and oxygen atoms in total. The SMILES string of the molecule is COC(=O)c1ccc(NS(=O)(=O)c2ccc(CCCNC(=O)COCc3ccc(F)cc3)cc2)cc1. The Morgan fingerprint density at radius 3 is 2.17 bits per heavy atom. The summed E-state index contributed by atoms with van der Waals surface area (Å²) in [5.74, 6) is -1.08. The number of rotatable bonds is 12. The third-order valence-corrected chi connectivity index (χ3v) is 6.57. The van der Waals surface area contributed by atoms with Crippen molar-refractivity contribution >= 4 is 27.6 Å². The molecule has 3 aromatic carbocycles. The molecule has 0 atom stereocenters. The average molecular weight is 515 g/mol. The lowest BCUT2D eigenvalue weighted by atomic mass is 10.1. The Morgan fingerprint density at radius 2 is 1.53 bits per heavy atom. The molecule has 0 radical (unpaired) electrons. The van der Waals surface area contributed by atoms with E-state index in [4.69, 9.17) is 4.74 Å². The van der Waals surface area contributed by atoms with Crippen LogP contribution in [0, 0.1) is 5.82 Å². The molecule has 0 aliphatic heterocycles. The molecule has 0 aliphatic rings. The summed E-state index contributed by atoms with van der Waals surface area (Å²) in [6, 6.07) is 18.3. The van der Waals surface area contributed by atoms with Crippen molar-refractivity contribution in [3.63, 3.8) is 0 Å². The zero-order chi connectivity index (χ0) is 26.0. The lowest BCUT2D eigenvalue weighted by Crippen LogP contribution is -2.28. The largest absolute Gasteiger partial charge is 0.465 e. The number of hydrogen-bond acceptors (Lipinski definition) is 6. The number of carbonyl (C=O) groups excluding carboxylic acids is 2. The fourth-order valence-electron chi connectivity index (χ4n) is 3.26. The van der Waals surface area contributed by atoms with Gasteiger partial charge in [-0.1, -0.05) is 24.3 Å². The molecule has 3 aromatic rings. The number of sulfonamides is 1. The number of benzene rings is 3. The molecule has 190 valence electrons. The smallest absolute Gasteiger partial charge is 0.337 e. The van der Waals surface area contributed by atoms with E-state index in [1.807, 2.05) is 0 Å². The van der Waals surface area contributed by atoms with Gasteiger partial charge in [0.25, 0.3) is 10.0 Å². The first-order chi connectivity index (χ1) is 17.3. The fraction of sp³-hybridized carbons (Fsp3) is 0.231. The molecule has 0 aliphatic carbocycles. The summed E-state index contributed by atoms with van der Waals surface area (Å²) < 4.78 is 50.6. The number of nitrogens with one attached hydrogen (secondary N) is 2. The molecule has 3 rings (SSSR count). The topological polar surface area (TPSA) is 111 Å². The predicted octanol–water partition coefficient (Wildman–Crippen LogP) is 3.68. The zero-order valence-corrected chi connectivity index (χ0v) is 20.5. The molecule has 0 heterocycles. The van der Waals surface area contributed by atoms with Crippen LogP contribution in [0.2, 0.25) is 0 Å². The first-order valence-corrected chi connectivity index (χ1v) is 12.6. The molecule has 1 amide bonds. The first kappa shape index (κ1) is 26.8. The molecule has 0 bridgehead atoms. The van der Waals surface area contributed by atoms with Gasteiger partial charge in [-0.2, -0.15) is 0 Å². The van der Waals surface area contributed by atoms with Gasteiger partial charge in [-0.05, 0) is 72.5 Å². The summed E-state index contributed by atoms with van der Waals surface area (Å²) in [4.78, 5) is 23.5. The summed E-state index contributed by atoms with van der Waals surface area (Å²) in [6.07, 6.45) is 1.32. The zero-order valence-electron chi connectivity index (χ0n) is 19.7. The minimum Gasteiger partial charge on any atom is -0.465 e. The Bertz CT molecular complexity index is 1260. The fourth-order valence-corrected chi connectivity index (χ4v) is 4.31. The number of esters is 1. The number of hydrogen-bond donors (Lipinski definition) is 2. The van der Waals surface area contributed by atoms with E-state index in [-0.39, 0.29) is 29.8 Å². The summed E-state index contributed by atoms with van der Waals surface area (Å²) in [5.41, 5.74) is 2.35. The first-order valence-electron chi connectivity index (χ1n) is 11.2. The van der Waals surface area contributed by atoms with E-state index in [2.05, 4.69) is 14.8 Å². The molecule has 0 unspecified atom stereocenters. The number of anilines is 1. The van der Waals surface area contributed by atoms with Gasteiger partial charge in [-0.15, -0.1) is 0 Å². The van der Waals surface area contributed by atoms with Gasteiger partial charge < -0.3 is 14.8 Å². The van der Waals surface area contributed by atoms with Crippen LogP contribution in [0.4, 0.5) is 10.1 Å². The number of ether oxygens (including phenoxy) is 2. The van der Waals surface area contributed by atoms with Crippen molar-refractivity contribution in [3.05, 3.63) is 95.3 Å². The molecule has 2 N–H and O–H groups in total. The average Bonchev–Trinajstić information content (AvgIpc) is 2.88. The van der Waals surface area contributed by atoms with E-state index in [0.717, 1.165) is 11.1 Å². The van der Waals surface area contributed by atoms with Gasteiger partial charge >= 0.3 is 5.97 Å². The maximum Gasteiger partial charge on any atom is 0.337 e. The number of carbonyl (C=O) groups is 2. The maximum absolute atomic E-state index is 12.9. The van der Waals surface area contributed by atoms with Crippen LogP contribution in [0.1, 0.15) is 27.9 Å². The second-order valence-corrected chi connectivity index (χ2v) is 9.57. The summed E-state index contributed by atoms with van der Waals surface area (Å²) >= 11 is 0. The number of methoxy groups -OCH3 is 1. The van der Waals surface area contributed by atoms with Crippen LogP contribution in [-0.2, 0) is 37.3 Å². The Morgan fingerprint density at radius 1 is 0.889 bits per heavy atom. The van der Waals surface area contributed by atoms with Crippen LogP contribution < -0.4 is 10.0 Å². The maximum atomic E-state index is 12.9. The molecule has 10 heteroatoms. The highest BCUT2D eigenvalue weighted by Crippen LogP contribution is 2.18.